The van der Waals surface area contributed by atoms with Gasteiger partial charge in [-0.15, -0.1) is 0 Å². The number of rotatable bonds is 7. The van der Waals surface area contributed by atoms with E-state index in [0.717, 1.165) is 13.0 Å². The normalized spacial score (nSPS) is 12.0. The summed E-state index contributed by atoms with van der Waals surface area (Å²) in [6, 6.07) is 0. The van der Waals surface area contributed by atoms with Crippen LogP contribution in [0.1, 0.15) is 46.5 Å². The van der Waals surface area contributed by atoms with E-state index in [1.165, 1.54) is 19.3 Å². The summed E-state index contributed by atoms with van der Waals surface area (Å²) >= 11 is 0. The summed E-state index contributed by atoms with van der Waals surface area (Å²) in [5.41, 5.74) is 0.315. The van der Waals surface area contributed by atoms with E-state index >= 15 is 0 Å². The molecule has 0 rings (SSSR count). The molecule has 0 heterocycles. The molecule has 0 saturated heterocycles. The number of nitrogens with one attached hydrogen (secondary N) is 1. The fraction of sp³-hybridized carbons (Fsp3) is 1.00. The largest absolute Gasteiger partial charge is 0.396 e. The molecule has 0 aliphatic carbocycles. The van der Waals surface area contributed by atoms with E-state index in [1.54, 1.807) is 0 Å². The van der Waals surface area contributed by atoms with Gasteiger partial charge >= 0.3 is 0 Å². The zero-order valence-corrected chi connectivity index (χ0v) is 8.69. The van der Waals surface area contributed by atoms with Gasteiger partial charge in [0.2, 0.25) is 0 Å². The molecule has 0 radical (unpaired) electrons. The molecule has 0 aromatic carbocycles. The molecule has 0 amide bonds. The first-order valence-corrected chi connectivity index (χ1v) is 5.10. The molecule has 0 spiro atoms. The Bertz CT molecular complexity index is 91.7. The molecular weight excluding hydrogens is 150 g/mol. The Morgan fingerprint density at radius 2 is 1.58 bits per heavy atom. The predicted octanol–water partition coefficient (Wildman–Crippen LogP) is 1.93. The van der Waals surface area contributed by atoms with Crippen molar-refractivity contribution >= 4 is 0 Å². The molecule has 0 bridgehead atoms. The van der Waals surface area contributed by atoms with Crippen LogP contribution in [-0.4, -0.2) is 23.8 Å². The Balaban J connectivity index is 3.76. The Labute approximate surface area is 76.4 Å². The lowest BCUT2D eigenvalue weighted by Gasteiger charge is -2.31. The first-order chi connectivity index (χ1) is 5.74. The maximum absolute atomic E-state index is 8.64. The highest BCUT2D eigenvalue weighted by molar-refractivity contribution is 4.83. The molecule has 74 valence electrons. The summed E-state index contributed by atoms with van der Waals surface area (Å²) in [7, 11) is 0. The maximum Gasteiger partial charge on any atom is 0.0443 e. The molecule has 0 saturated carbocycles. The number of hydrogen-bond donors (Lipinski definition) is 2. The molecule has 0 aromatic heterocycles. The molecule has 2 nitrogen and oxygen atoms in total. The summed E-state index contributed by atoms with van der Waals surface area (Å²) in [6.45, 7) is 7.89. The Morgan fingerprint density at radius 3 is 1.92 bits per heavy atom. The Kier molecular flexibility index (Phi) is 6.39. The van der Waals surface area contributed by atoms with E-state index in [-0.39, 0.29) is 0 Å². The number of hydrogen-bond acceptors (Lipinski definition) is 2. The fourth-order valence-electron chi connectivity index (χ4n) is 1.56. The third-order valence-electron chi connectivity index (χ3n) is 2.87. The minimum Gasteiger partial charge on any atom is -0.396 e. The first-order valence-electron chi connectivity index (χ1n) is 5.10. The Hall–Kier alpha value is -0.0800. The van der Waals surface area contributed by atoms with E-state index in [0.29, 0.717) is 12.1 Å². The lowest BCUT2D eigenvalue weighted by molar-refractivity contribution is 0.252. The highest BCUT2D eigenvalue weighted by atomic mass is 16.3. The van der Waals surface area contributed by atoms with Gasteiger partial charge < -0.3 is 10.4 Å². The third kappa shape index (κ3) is 3.55. The first kappa shape index (κ1) is 11.9. The van der Waals surface area contributed by atoms with Crippen molar-refractivity contribution in [3.8, 4) is 0 Å². The summed E-state index contributed by atoms with van der Waals surface area (Å²) in [6.07, 6.45) is 4.38. The zero-order valence-electron chi connectivity index (χ0n) is 8.69. The second-order valence-electron chi connectivity index (χ2n) is 3.34. The van der Waals surface area contributed by atoms with Crippen molar-refractivity contribution in [2.45, 2.75) is 52.0 Å². The quantitative estimate of drug-likeness (QED) is 0.577. The average molecular weight is 173 g/mol. The standard InChI is InChI=1S/C10H23NO/c1-4-10(5-2,6-3)11-8-7-9-12/h11-12H,4-9H2,1-3H3. The summed E-state index contributed by atoms with van der Waals surface area (Å²) in [4.78, 5) is 0. The van der Waals surface area contributed by atoms with Crippen LogP contribution in [-0.2, 0) is 0 Å². The van der Waals surface area contributed by atoms with Crippen molar-refractivity contribution in [3.05, 3.63) is 0 Å². The van der Waals surface area contributed by atoms with Gasteiger partial charge in [-0.25, -0.2) is 0 Å². The van der Waals surface area contributed by atoms with Gasteiger partial charge in [-0.05, 0) is 32.2 Å². The average Bonchev–Trinajstić information content (AvgIpc) is 2.14. The van der Waals surface area contributed by atoms with Gasteiger partial charge in [-0.3, -0.25) is 0 Å². The van der Waals surface area contributed by atoms with Crippen molar-refractivity contribution < 1.29 is 5.11 Å². The molecule has 0 unspecified atom stereocenters. The minimum absolute atomic E-state index is 0.292. The Morgan fingerprint density at radius 1 is 1.08 bits per heavy atom. The van der Waals surface area contributed by atoms with E-state index in [4.69, 9.17) is 5.11 Å². The van der Waals surface area contributed by atoms with Crippen molar-refractivity contribution in [1.29, 1.82) is 0 Å². The SMILES string of the molecule is CCC(CC)(CC)NCCCO. The summed E-state index contributed by atoms with van der Waals surface area (Å²) in [5.74, 6) is 0. The summed E-state index contributed by atoms with van der Waals surface area (Å²) < 4.78 is 0. The zero-order chi connectivity index (χ0) is 9.45. The molecule has 0 fully saturated rings. The molecule has 12 heavy (non-hydrogen) atoms. The molecule has 2 heteroatoms. The monoisotopic (exact) mass is 173 g/mol. The van der Waals surface area contributed by atoms with E-state index in [1.807, 2.05) is 0 Å². The van der Waals surface area contributed by atoms with Crippen LogP contribution < -0.4 is 5.32 Å². The van der Waals surface area contributed by atoms with Gasteiger partial charge in [-0.2, -0.15) is 0 Å². The van der Waals surface area contributed by atoms with Crippen LogP contribution in [0, 0.1) is 0 Å². The summed E-state index contributed by atoms with van der Waals surface area (Å²) in [5, 5.41) is 12.2. The minimum atomic E-state index is 0.292. The van der Waals surface area contributed by atoms with Gasteiger partial charge in [0.1, 0.15) is 0 Å². The number of aliphatic hydroxyl groups excluding tert-OH is 1. The predicted molar refractivity (Wildman–Crippen MR) is 53.3 cm³/mol. The second kappa shape index (κ2) is 6.44. The fourth-order valence-corrected chi connectivity index (χ4v) is 1.56. The van der Waals surface area contributed by atoms with E-state index in [9.17, 15) is 0 Å². The van der Waals surface area contributed by atoms with E-state index < -0.39 is 0 Å². The highest BCUT2D eigenvalue weighted by Gasteiger charge is 2.21. The topological polar surface area (TPSA) is 32.3 Å². The molecule has 0 atom stereocenters. The smallest absolute Gasteiger partial charge is 0.0443 e. The van der Waals surface area contributed by atoms with Crippen LogP contribution in [0.25, 0.3) is 0 Å². The molecule has 2 N–H and O–H groups in total. The lowest BCUT2D eigenvalue weighted by atomic mass is 9.90. The molecule has 0 aliphatic rings. The van der Waals surface area contributed by atoms with Gasteiger partial charge in [0.05, 0.1) is 0 Å². The van der Waals surface area contributed by atoms with Crippen LogP contribution in [0.2, 0.25) is 0 Å². The van der Waals surface area contributed by atoms with Crippen LogP contribution in [0.5, 0.6) is 0 Å². The second-order valence-corrected chi connectivity index (χ2v) is 3.34. The third-order valence-corrected chi connectivity index (χ3v) is 2.87. The van der Waals surface area contributed by atoms with Crippen LogP contribution in [0.3, 0.4) is 0 Å². The maximum atomic E-state index is 8.64. The van der Waals surface area contributed by atoms with Crippen molar-refractivity contribution in [3.63, 3.8) is 0 Å². The van der Waals surface area contributed by atoms with Crippen molar-refractivity contribution in [2.24, 2.45) is 0 Å². The van der Waals surface area contributed by atoms with E-state index in [2.05, 4.69) is 26.1 Å². The van der Waals surface area contributed by atoms with Gasteiger partial charge in [0.25, 0.3) is 0 Å². The van der Waals surface area contributed by atoms with Gasteiger partial charge in [-0.1, -0.05) is 20.8 Å². The number of aliphatic hydroxyl groups is 1. The lowest BCUT2D eigenvalue weighted by Crippen LogP contribution is -2.44. The van der Waals surface area contributed by atoms with Crippen LogP contribution >= 0.6 is 0 Å². The molecule has 0 aliphatic heterocycles. The van der Waals surface area contributed by atoms with Crippen LogP contribution in [0.15, 0.2) is 0 Å². The van der Waals surface area contributed by atoms with Gasteiger partial charge in [0, 0.05) is 12.1 Å². The highest BCUT2D eigenvalue weighted by Crippen LogP contribution is 2.18. The molecule has 0 aromatic rings. The van der Waals surface area contributed by atoms with Crippen LogP contribution in [0.4, 0.5) is 0 Å². The van der Waals surface area contributed by atoms with Gasteiger partial charge in [0.15, 0.2) is 0 Å². The van der Waals surface area contributed by atoms with Crippen molar-refractivity contribution in [2.75, 3.05) is 13.2 Å². The van der Waals surface area contributed by atoms with Crippen molar-refractivity contribution in [1.82, 2.24) is 5.32 Å². The molecular formula is C10H23NO.